The monoisotopic (exact) mass is 358 g/mol. The average Bonchev–Trinajstić information content (AvgIpc) is 3.14. The van der Waals surface area contributed by atoms with Crippen LogP contribution >= 0.6 is 0 Å². The molecule has 1 N–H and O–H groups in total. The highest BCUT2D eigenvalue weighted by atomic mass is 16.5. The molecule has 0 atom stereocenters. The van der Waals surface area contributed by atoms with Gasteiger partial charge in [0.15, 0.2) is 0 Å². The second-order valence-electron chi connectivity index (χ2n) is 6.10. The van der Waals surface area contributed by atoms with Crippen LogP contribution in [0.2, 0.25) is 0 Å². The number of hydrogen-bond donors (Lipinski definition) is 1. The van der Waals surface area contributed by atoms with Crippen molar-refractivity contribution in [2.45, 2.75) is 6.92 Å². The molecule has 0 saturated carbocycles. The van der Waals surface area contributed by atoms with Crippen LogP contribution in [0.5, 0.6) is 5.75 Å². The largest absolute Gasteiger partial charge is 0.494 e. The smallest absolute Gasteiger partial charge is 0.255 e. The number of nitrogens with zero attached hydrogens (tertiary/aromatic N) is 3. The highest BCUT2D eigenvalue weighted by molar-refractivity contribution is 6.09. The van der Waals surface area contributed by atoms with Crippen LogP contribution in [-0.4, -0.2) is 27.8 Å². The fourth-order valence-electron chi connectivity index (χ4n) is 3.01. The van der Waals surface area contributed by atoms with Crippen molar-refractivity contribution in [1.29, 1.82) is 0 Å². The fraction of sp³-hybridized carbons (Fsp3) is 0.0952. The predicted octanol–water partition coefficient (Wildman–Crippen LogP) is 3.99. The van der Waals surface area contributed by atoms with Gasteiger partial charge in [-0.2, -0.15) is 5.10 Å². The molecule has 0 aliphatic rings. The minimum Gasteiger partial charge on any atom is -0.494 e. The zero-order chi connectivity index (χ0) is 18.8. The van der Waals surface area contributed by atoms with Crippen LogP contribution in [0.1, 0.15) is 16.1 Å². The molecule has 2 heterocycles. The van der Waals surface area contributed by atoms with Crippen LogP contribution in [0.4, 0.5) is 5.69 Å². The number of pyridine rings is 1. The Bertz CT molecular complexity index is 1120. The van der Waals surface area contributed by atoms with Gasteiger partial charge in [-0.05, 0) is 61.5 Å². The second-order valence-corrected chi connectivity index (χ2v) is 6.10. The molecule has 0 aliphatic carbocycles. The molecule has 0 spiro atoms. The number of fused-ring (bicyclic) bond motifs is 1. The summed E-state index contributed by atoms with van der Waals surface area (Å²) in [6, 6.07) is 16.6. The molecule has 1 amide bonds. The normalized spacial score (nSPS) is 10.7. The lowest BCUT2D eigenvalue weighted by Gasteiger charge is -2.11. The lowest BCUT2D eigenvalue weighted by molar-refractivity contribution is 0.102. The van der Waals surface area contributed by atoms with Crippen LogP contribution < -0.4 is 10.1 Å². The highest BCUT2D eigenvalue weighted by Gasteiger charge is 2.12. The molecule has 0 radical (unpaired) electrons. The van der Waals surface area contributed by atoms with Gasteiger partial charge >= 0.3 is 0 Å². The maximum atomic E-state index is 12.7. The molecule has 0 aliphatic heterocycles. The van der Waals surface area contributed by atoms with Gasteiger partial charge in [0.05, 0.1) is 18.5 Å². The van der Waals surface area contributed by atoms with Gasteiger partial charge in [-0.15, -0.1) is 0 Å². The lowest BCUT2D eigenvalue weighted by Crippen LogP contribution is -2.12. The summed E-state index contributed by atoms with van der Waals surface area (Å²) in [6.45, 7) is 1.98. The summed E-state index contributed by atoms with van der Waals surface area (Å²) in [4.78, 5) is 17.0. The molecule has 27 heavy (non-hydrogen) atoms. The van der Waals surface area contributed by atoms with Crippen LogP contribution in [0, 0.1) is 6.92 Å². The summed E-state index contributed by atoms with van der Waals surface area (Å²) in [5.41, 5.74) is 3.91. The Morgan fingerprint density at radius 2 is 1.85 bits per heavy atom. The predicted molar refractivity (Wildman–Crippen MR) is 105 cm³/mol. The van der Waals surface area contributed by atoms with Gasteiger partial charge in [0, 0.05) is 29.0 Å². The van der Waals surface area contributed by atoms with E-state index in [9.17, 15) is 4.79 Å². The van der Waals surface area contributed by atoms with E-state index >= 15 is 0 Å². The van der Waals surface area contributed by atoms with Crippen molar-refractivity contribution in [2.24, 2.45) is 0 Å². The van der Waals surface area contributed by atoms with Gasteiger partial charge < -0.3 is 10.1 Å². The summed E-state index contributed by atoms with van der Waals surface area (Å²) in [5, 5.41) is 8.07. The molecule has 2 aromatic carbocycles. The number of anilines is 1. The molecular weight excluding hydrogens is 340 g/mol. The zero-order valence-corrected chi connectivity index (χ0v) is 15.0. The van der Waals surface area contributed by atoms with Gasteiger partial charge in [0.25, 0.3) is 5.91 Å². The lowest BCUT2D eigenvalue weighted by atomic mass is 10.1. The number of rotatable bonds is 4. The van der Waals surface area contributed by atoms with Crippen molar-refractivity contribution in [3.05, 3.63) is 78.2 Å². The first-order valence-electron chi connectivity index (χ1n) is 8.51. The molecule has 0 bridgehead atoms. The number of carbonyl (C=O) groups is 1. The molecule has 6 heteroatoms. The molecular formula is C21H18N4O2. The number of ether oxygens (including phenoxy) is 1. The average molecular weight is 358 g/mol. The number of methoxy groups -OCH3 is 1. The topological polar surface area (TPSA) is 69.0 Å². The quantitative estimate of drug-likeness (QED) is 0.599. The number of carbonyl (C=O) groups excluding carboxylic acids is 1. The van der Waals surface area contributed by atoms with Crippen molar-refractivity contribution in [3.63, 3.8) is 0 Å². The summed E-state index contributed by atoms with van der Waals surface area (Å²) in [5.74, 6) is 0.483. The van der Waals surface area contributed by atoms with E-state index in [2.05, 4.69) is 15.4 Å². The first-order valence-corrected chi connectivity index (χ1v) is 8.51. The highest BCUT2D eigenvalue weighted by Crippen LogP contribution is 2.30. The Labute approximate surface area is 156 Å². The van der Waals surface area contributed by atoms with Gasteiger partial charge in [-0.1, -0.05) is 0 Å². The zero-order valence-electron chi connectivity index (χ0n) is 15.0. The summed E-state index contributed by atoms with van der Waals surface area (Å²) in [7, 11) is 1.60. The Balaban J connectivity index is 1.61. The fourth-order valence-corrected chi connectivity index (χ4v) is 3.01. The van der Waals surface area contributed by atoms with Gasteiger partial charge in [-0.25, -0.2) is 4.68 Å². The van der Waals surface area contributed by atoms with Crippen molar-refractivity contribution >= 4 is 22.5 Å². The molecule has 4 rings (SSSR count). The third-order valence-electron chi connectivity index (χ3n) is 4.41. The molecule has 0 unspecified atom stereocenters. The summed E-state index contributed by atoms with van der Waals surface area (Å²) in [6.07, 6.45) is 3.45. The van der Waals surface area contributed by atoms with E-state index in [1.165, 1.54) is 0 Å². The van der Waals surface area contributed by atoms with Crippen LogP contribution in [-0.2, 0) is 0 Å². The Hall–Kier alpha value is -3.67. The third kappa shape index (κ3) is 3.13. The number of hydrogen-bond acceptors (Lipinski definition) is 4. The molecule has 0 fully saturated rings. The van der Waals surface area contributed by atoms with E-state index in [4.69, 9.17) is 4.74 Å². The second kappa shape index (κ2) is 6.92. The van der Waals surface area contributed by atoms with Crippen molar-refractivity contribution in [2.75, 3.05) is 12.4 Å². The molecule has 134 valence electrons. The van der Waals surface area contributed by atoms with Gasteiger partial charge in [0.1, 0.15) is 11.3 Å². The first-order chi connectivity index (χ1) is 13.2. The van der Waals surface area contributed by atoms with E-state index in [0.29, 0.717) is 22.5 Å². The van der Waals surface area contributed by atoms with E-state index in [1.807, 2.05) is 48.0 Å². The van der Waals surface area contributed by atoms with Crippen molar-refractivity contribution in [1.82, 2.24) is 14.8 Å². The van der Waals surface area contributed by atoms with E-state index in [1.54, 1.807) is 37.7 Å². The Morgan fingerprint density at radius 3 is 2.56 bits per heavy atom. The minimum atomic E-state index is -0.186. The van der Waals surface area contributed by atoms with E-state index in [0.717, 1.165) is 16.8 Å². The van der Waals surface area contributed by atoms with Gasteiger partial charge in [0.2, 0.25) is 0 Å². The number of aromatic nitrogens is 3. The SMILES string of the molecule is COc1ccc(NC(=O)c2ccc(-n3nccc3C)cc2)c2cccnc12. The summed E-state index contributed by atoms with van der Waals surface area (Å²) >= 11 is 0. The van der Waals surface area contributed by atoms with Crippen molar-refractivity contribution in [3.8, 4) is 11.4 Å². The molecule has 4 aromatic rings. The van der Waals surface area contributed by atoms with E-state index in [-0.39, 0.29) is 5.91 Å². The summed E-state index contributed by atoms with van der Waals surface area (Å²) < 4.78 is 7.17. The van der Waals surface area contributed by atoms with E-state index < -0.39 is 0 Å². The number of amides is 1. The Kier molecular flexibility index (Phi) is 4.30. The van der Waals surface area contributed by atoms with Crippen molar-refractivity contribution < 1.29 is 9.53 Å². The molecule has 2 aromatic heterocycles. The van der Waals surface area contributed by atoms with Crippen LogP contribution in [0.3, 0.4) is 0 Å². The van der Waals surface area contributed by atoms with Crippen LogP contribution in [0.25, 0.3) is 16.6 Å². The maximum absolute atomic E-state index is 12.7. The van der Waals surface area contributed by atoms with Crippen LogP contribution in [0.15, 0.2) is 67.0 Å². The molecule has 0 saturated heterocycles. The number of nitrogens with one attached hydrogen (secondary N) is 1. The van der Waals surface area contributed by atoms with Gasteiger partial charge in [-0.3, -0.25) is 9.78 Å². The Morgan fingerprint density at radius 1 is 1.04 bits per heavy atom. The molecule has 6 nitrogen and oxygen atoms in total. The minimum absolute atomic E-state index is 0.186. The first kappa shape index (κ1) is 16.8. The number of benzene rings is 2. The maximum Gasteiger partial charge on any atom is 0.255 e. The number of aryl methyl sites for hydroxylation is 1. The third-order valence-corrected chi connectivity index (χ3v) is 4.41. The standard InChI is InChI=1S/C21H18N4O2/c1-14-11-13-23-25(14)16-7-5-15(6-8-16)21(26)24-18-9-10-19(27-2)20-17(18)4-3-12-22-20/h3-13H,1-2H3,(H,24,26).